The number of carbonyl (C=O) groups is 1. The van der Waals surface area contributed by atoms with Crippen LogP contribution in [0.15, 0.2) is 36.9 Å². The fourth-order valence-electron chi connectivity index (χ4n) is 1.07. The van der Waals surface area contributed by atoms with Crippen molar-refractivity contribution in [1.82, 2.24) is 0 Å². The SMILES string of the molecule is C=CC(=O)OCCOc1ccccc1C. The summed E-state index contributed by atoms with van der Waals surface area (Å²) in [7, 11) is 0. The number of esters is 1. The Labute approximate surface area is 89.3 Å². The lowest BCUT2D eigenvalue weighted by Gasteiger charge is -2.08. The number of aryl methyl sites for hydroxylation is 1. The van der Waals surface area contributed by atoms with E-state index in [4.69, 9.17) is 9.47 Å². The van der Waals surface area contributed by atoms with Crippen LogP contribution in [-0.2, 0) is 9.53 Å². The highest BCUT2D eigenvalue weighted by Gasteiger charge is 1.98. The van der Waals surface area contributed by atoms with Crippen molar-refractivity contribution >= 4 is 5.97 Å². The zero-order valence-electron chi connectivity index (χ0n) is 8.73. The van der Waals surface area contributed by atoms with Gasteiger partial charge in [0.05, 0.1) is 0 Å². The van der Waals surface area contributed by atoms with Gasteiger partial charge in [-0.1, -0.05) is 24.8 Å². The van der Waals surface area contributed by atoms with Crippen molar-refractivity contribution in [3.63, 3.8) is 0 Å². The van der Waals surface area contributed by atoms with E-state index in [9.17, 15) is 4.79 Å². The molecule has 0 aliphatic rings. The smallest absolute Gasteiger partial charge is 0.330 e. The summed E-state index contributed by atoms with van der Waals surface area (Å²) >= 11 is 0. The minimum absolute atomic E-state index is 0.235. The van der Waals surface area contributed by atoms with Gasteiger partial charge < -0.3 is 9.47 Å². The van der Waals surface area contributed by atoms with Crippen molar-refractivity contribution in [3.05, 3.63) is 42.5 Å². The number of benzene rings is 1. The van der Waals surface area contributed by atoms with Crippen LogP contribution in [-0.4, -0.2) is 19.2 Å². The molecule has 0 atom stereocenters. The molecule has 0 spiro atoms. The second-order valence-electron chi connectivity index (χ2n) is 2.99. The predicted octanol–water partition coefficient (Wildman–Crippen LogP) is 2.10. The molecule has 0 unspecified atom stereocenters. The number of para-hydroxylation sites is 1. The van der Waals surface area contributed by atoms with E-state index in [1.54, 1.807) is 0 Å². The Morgan fingerprint density at radius 1 is 1.40 bits per heavy atom. The molecule has 0 amide bonds. The number of hydrogen-bond acceptors (Lipinski definition) is 3. The standard InChI is InChI=1S/C12H14O3/c1-3-12(13)15-9-8-14-11-7-5-4-6-10(11)2/h3-7H,1,8-9H2,2H3. The van der Waals surface area contributed by atoms with Crippen LogP contribution in [0.5, 0.6) is 5.75 Å². The average molecular weight is 206 g/mol. The second-order valence-corrected chi connectivity index (χ2v) is 2.99. The first-order valence-corrected chi connectivity index (χ1v) is 4.71. The molecule has 3 heteroatoms. The number of rotatable bonds is 5. The van der Waals surface area contributed by atoms with Gasteiger partial charge in [0.15, 0.2) is 0 Å². The number of hydrogen-bond donors (Lipinski definition) is 0. The van der Waals surface area contributed by atoms with Crippen LogP contribution in [0.1, 0.15) is 5.56 Å². The predicted molar refractivity (Wildman–Crippen MR) is 57.8 cm³/mol. The molecular formula is C12H14O3. The van der Waals surface area contributed by atoms with Crippen LogP contribution in [0, 0.1) is 6.92 Å². The highest BCUT2D eigenvalue weighted by Crippen LogP contribution is 2.15. The molecular weight excluding hydrogens is 192 g/mol. The van der Waals surface area contributed by atoms with Crippen molar-refractivity contribution in [2.24, 2.45) is 0 Å². The summed E-state index contributed by atoms with van der Waals surface area (Å²) in [5.74, 6) is 0.385. The van der Waals surface area contributed by atoms with Gasteiger partial charge in [-0.3, -0.25) is 0 Å². The largest absolute Gasteiger partial charge is 0.490 e. The summed E-state index contributed by atoms with van der Waals surface area (Å²) < 4.78 is 10.2. The first-order valence-electron chi connectivity index (χ1n) is 4.71. The van der Waals surface area contributed by atoms with E-state index in [0.717, 1.165) is 17.4 Å². The Balaban J connectivity index is 2.29. The molecule has 0 fully saturated rings. The molecule has 15 heavy (non-hydrogen) atoms. The van der Waals surface area contributed by atoms with Gasteiger partial charge in [-0.25, -0.2) is 4.79 Å². The highest BCUT2D eigenvalue weighted by atomic mass is 16.6. The molecule has 0 aliphatic heterocycles. The highest BCUT2D eigenvalue weighted by molar-refractivity contribution is 5.81. The van der Waals surface area contributed by atoms with E-state index in [1.165, 1.54) is 0 Å². The fraction of sp³-hybridized carbons (Fsp3) is 0.250. The zero-order valence-corrected chi connectivity index (χ0v) is 8.73. The quantitative estimate of drug-likeness (QED) is 0.420. The molecule has 1 aromatic rings. The second kappa shape index (κ2) is 5.86. The zero-order chi connectivity index (χ0) is 11.1. The van der Waals surface area contributed by atoms with Gasteiger partial charge in [0.1, 0.15) is 19.0 Å². The van der Waals surface area contributed by atoms with Crippen LogP contribution in [0.25, 0.3) is 0 Å². The molecule has 0 N–H and O–H groups in total. The average Bonchev–Trinajstić information content (AvgIpc) is 2.26. The molecule has 1 aromatic carbocycles. The summed E-state index contributed by atoms with van der Waals surface area (Å²) in [4.78, 5) is 10.7. The van der Waals surface area contributed by atoms with Crippen LogP contribution < -0.4 is 4.74 Å². The molecule has 3 nitrogen and oxygen atoms in total. The molecule has 0 bridgehead atoms. The van der Waals surface area contributed by atoms with Crippen LogP contribution in [0.4, 0.5) is 0 Å². The lowest BCUT2D eigenvalue weighted by atomic mass is 10.2. The van der Waals surface area contributed by atoms with E-state index in [0.29, 0.717) is 6.61 Å². The molecule has 0 aliphatic carbocycles. The van der Waals surface area contributed by atoms with Crippen molar-refractivity contribution < 1.29 is 14.3 Å². The van der Waals surface area contributed by atoms with Gasteiger partial charge in [0.2, 0.25) is 0 Å². The van der Waals surface area contributed by atoms with Crippen LogP contribution in [0.2, 0.25) is 0 Å². The molecule has 0 saturated heterocycles. The van der Waals surface area contributed by atoms with Gasteiger partial charge in [0, 0.05) is 6.08 Å². The topological polar surface area (TPSA) is 35.5 Å². The first kappa shape index (κ1) is 11.3. The summed E-state index contributed by atoms with van der Waals surface area (Å²) in [6.45, 7) is 5.85. The van der Waals surface area contributed by atoms with E-state index in [2.05, 4.69) is 6.58 Å². The minimum atomic E-state index is -0.427. The van der Waals surface area contributed by atoms with E-state index >= 15 is 0 Å². The fourth-order valence-corrected chi connectivity index (χ4v) is 1.07. The van der Waals surface area contributed by atoms with Gasteiger partial charge in [-0.05, 0) is 18.6 Å². The first-order chi connectivity index (χ1) is 7.24. The molecule has 0 heterocycles. The van der Waals surface area contributed by atoms with E-state index < -0.39 is 5.97 Å². The molecule has 0 saturated carbocycles. The molecule has 0 aromatic heterocycles. The molecule has 80 valence electrons. The lowest BCUT2D eigenvalue weighted by molar-refractivity contribution is -0.138. The molecule has 0 radical (unpaired) electrons. The van der Waals surface area contributed by atoms with Crippen molar-refractivity contribution in [2.75, 3.05) is 13.2 Å². The summed E-state index contributed by atoms with van der Waals surface area (Å²) in [6.07, 6.45) is 1.13. The number of ether oxygens (including phenoxy) is 2. The summed E-state index contributed by atoms with van der Waals surface area (Å²) in [5.41, 5.74) is 1.06. The normalized spacial score (nSPS) is 9.40. The van der Waals surface area contributed by atoms with E-state index in [1.807, 2.05) is 31.2 Å². The van der Waals surface area contributed by atoms with Crippen molar-refractivity contribution in [3.8, 4) is 5.75 Å². The van der Waals surface area contributed by atoms with Gasteiger partial charge in [-0.15, -0.1) is 0 Å². The number of carbonyl (C=O) groups excluding carboxylic acids is 1. The van der Waals surface area contributed by atoms with E-state index in [-0.39, 0.29) is 6.61 Å². The van der Waals surface area contributed by atoms with Gasteiger partial charge in [0.25, 0.3) is 0 Å². The van der Waals surface area contributed by atoms with Crippen molar-refractivity contribution in [2.45, 2.75) is 6.92 Å². The third-order valence-electron chi connectivity index (χ3n) is 1.85. The maximum absolute atomic E-state index is 10.7. The van der Waals surface area contributed by atoms with Gasteiger partial charge >= 0.3 is 5.97 Å². The van der Waals surface area contributed by atoms with Crippen molar-refractivity contribution in [1.29, 1.82) is 0 Å². The third kappa shape index (κ3) is 3.85. The Hall–Kier alpha value is -1.77. The minimum Gasteiger partial charge on any atom is -0.490 e. The Morgan fingerprint density at radius 2 is 2.13 bits per heavy atom. The lowest BCUT2D eigenvalue weighted by Crippen LogP contribution is -2.10. The molecule has 1 rings (SSSR count). The summed E-state index contributed by atoms with van der Waals surface area (Å²) in [5, 5.41) is 0. The van der Waals surface area contributed by atoms with Crippen LogP contribution >= 0.6 is 0 Å². The van der Waals surface area contributed by atoms with Gasteiger partial charge in [-0.2, -0.15) is 0 Å². The Bertz CT molecular complexity index is 344. The Morgan fingerprint density at radius 3 is 2.80 bits per heavy atom. The monoisotopic (exact) mass is 206 g/mol. The Kier molecular flexibility index (Phi) is 4.41. The third-order valence-corrected chi connectivity index (χ3v) is 1.85. The maximum Gasteiger partial charge on any atom is 0.330 e. The van der Waals surface area contributed by atoms with Crippen LogP contribution in [0.3, 0.4) is 0 Å². The summed E-state index contributed by atoms with van der Waals surface area (Å²) in [6, 6.07) is 7.69. The maximum atomic E-state index is 10.7.